The van der Waals surface area contributed by atoms with Crippen LogP contribution in [0.4, 0.5) is 14.5 Å². The summed E-state index contributed by atoms with van der Waals surface area (Å²) in [5.74, 6) is -1.38. The standard InChI is InChI=1S/C17H27F2NO/c1-2-3-4-5-6-7-8-9-12-20-16-11-10-15(18)14(13-21)17(16)19/h10-11,20-21H,2-9,12-13H2,1H3. The lowest BCUT2D eigenvalue weighted by molar-refractivity contribution is 0.269. The van der Waals surface area contributed by atoms with E-state index in [1.54, 1.807) is 0 Å². The van der Waals surface area contributed by atoms with Crippen molar-refractivity contribution in [2.24, 2.45) is 0 Å². The molecular formula is C17H27F2NO. The summed E-state index contributed by atoms with van der Waals surface area (Å²) in [4.78, 5) is 0. The van der Waals surface area contributed by atoms with Gasteiger partial charge in [0.25, 0.3) is 0 Å². The molecule has 0 aromatic heterocycles. The predicted octanol–water partition coefficient (Wildman–Crippen LogP) is 5.01. The molecule has 2 nitrogen and oxygen atoms in total. The summed E-state index contributed by atoms with van der Waals surface area (Å²) in [6.45, 7) is 2.26. The average Bonchev–Trinajstić information content (AvgIpc) is 2.48. The summed E-state index contributed by atoms with van der Waals surface area (Å²) in [6.07, 6.45) is 9.77. The SMILES string of the molecule is CCCCCCCCCCNc1ccc(F)c(CO)c1F. The Morgan fingerprint density at radius 1 is 0.952 bits per heavy atom. The smallest absolute Gasteiger partial charge is 0.154 e. The van der Waals surface area contributed by atoms with Crippen molar-refractivity contribution in [3.63, 3.8) is 0 Å². The van der Waals surface area contributed by atoms with Crippen LogP contribution in [0.25, 0.3) is 0 Å². The fourth-order valence-electron chi connectivity index (χ4n) is 2.36. The average molecular weight is 299 g/mol. The molecule has 0 unspecified atom stereocenters. The third-order valence-corrected chi connectivity index (χ3v) is 3.69. The van der Waals surface area contributed by atoms with E-state index in [0.717, 1.165) is 12.8 Å². The van der Waals surface area contributed by atoms with E-state index in [2.05, 4.69) is 12.2 Å². The number of aliphatic hydroxyl groups is 1. The predicted molar refractivity (Wildman–Crippen MR) is 83.4 cm³/mol. The highest BCUT2D eigenvalue weighted by atomic mass is 19.1. The van der Waals surface area contributed by atoms with Crippen molar-refractivity contribution in [3.8, 4) is 0 Å². The first-order valence-corrected chi connectivity index (χ1v) is 8.02. The second-order valence-corrected chi connectivity index (χ2v) is 5.45. The number of aliphatic hydroxyl groups excluding tert-OH is 1. The zero-order valence-electron chi connectivity index (χ0n) is 12.9. The lowest BCUT2D eigenvalue weighted by Gasteiger charge is -2.10. The minimum atomic E-state index is -0.701. The van der Waals surface area contributed by atoms with Gasteiger partial charge in [0.2, 0.25) is 0 Å². The van der Waals surface area contributed by atoms with Crippen LogP contribution in [0.5, 0.6) is 0 Å². The molecule has 0 aliphatic heterocycles. The van der Waals surface area contributed by atoms with E-state index >= 15 is 0 Å². The fourth-order valence-corrected chi connectivity index (χ4v) is 2.36. The van der Waals surface area contributed by atoms with Crippen LogP contribution in [0.15, 0.2) is 12.1 Å². The highest BCUT2D eigenvalue weighted by Gasteiger charge is 2.12. The van der Waals surface area contributed by atoms with Crippen LogP contribution in [0.2, 0.25) is 0 Å². The van der Waals surface area contributed by atoms with Crippen molar-refractivity contribution < 1.29 is 13.9 Å². The number of halogens is 2. The maximum absolute atomic E-state index is 13.8. The van der Waals surface area contributed by atoms with Gasteiger partial charge in [0.15, 0.2) is 5.82 Å². The van der Waals surface area contributed by atoms with Gasteiger partial charge in [-0.05, 0) is 18.6 Å². The zero-order valence-corrected chi connectivity index (χ0v) is 12.9. The Hall–Kier alpha value is -1.16. The van der Waals surface area contributed by atoms with Gasteiger partial charge in [-0.3, -0.25) is 0 Å². The highest BCUT2D eigenvalue weighted by Crippen LogP contribution is 2.21. The number of benzene rings is 1. The Labute approximate surface area is 126 Å². The molecule has 0 spiro atoms. The largest absolute Gasteiger partial charge is 0.391 e. The molecule has 2 N–H and O–H groups in total. The first-order valence-electron chi connectivity index (χ1n) is 8.02. The summed E-state index contributed by atoms with van der Waals surface area (Å²) in [5.41, 5.74) is -0.000630. The summed E-state index contributed by atoms with van der Waals surface area (Å²) in [5, 5.41) is 11.9. The minimum absolute atomic E-state index is 0.267. The Bertz CT molecular complexity index is 410. The molecule has 0 amide bonds. The lowest BCUT2D eigenvalue weighted by atomic mass is 10.1. The van der Waals surface area contributed by atoms with E-state index in [1.807, 2.05) is 0 Å². The molecule has 1 aromatic carbocycles. The first kappa shape index (κ1) is 17.9. The van der Waals surface area contributed by atoms with Crippen LogP contribution in [0.1, 0.15) is 63.9 Å². The summed E-state index contributed by atoms with van der Waals surface area (Å²) < 4.78 is 27.0. The second-order valence-electron chi connectivity index (χ2n) is 5.45. The van der Waals surface area contributed by atoms with Gasteiger partial charge in [-0.2, -0.15) is 0 Å². The van der Waals surface area contributed by atoms with Crippen LogP contribution in [-0.4, -0.2) is 11.7 Å². The number of nitrogens with one attached hydrogen (secondary N) is 1. The highest BCUT2D eigenvalue weighted by molar-refractivity contribution is 5.48. The van der Waals surface area contributed by atoms with Gasteiger partial charge < -0.3 is 10.4 Å². The topological polar surface area (TPSA) is 32.3 Å². The van der Waals surface area contributed by atoms with E-state index in [-0.39, 0.29) is 11.3 Å². The third-order valence-electron chi connectivity index (χ3n) is 3.69. The monoisotopic (exact) mass is 299 g/mol. The molecule has 120 valence electrons. The molecule has 0 aliphatic carbocycles. The van der Waals surface area contributed by atoms with Gasteiger partial charge in [0, 0.05) is 6.54 Å². The van der Waals surface area contributed by atoms with E-state index in [0.29, 0.717) is 6.54 Å². The van der Waals surface area contributed by atoms with Crippen LogP contribution in [0.3, 0.4) is 0 Å². The zero-order chi connectivity index (χ0) is 15.5. The van der Waals surface area contributed by atoms with E-state index < -0.39 is 18.2 Å². The fraction of sp³-hybridized carbons (Fsp3) is 0.647. The first-order chi connectivity index (χ1) is 10.2. The number of anilines is 1. The Morgan fingerprint density at radius 3 is 2.19 bits per heavy atom. The number of unbranched alkanes of at least 4 members (excludes halogenated alkanes) is 7. The minimum Gasteiger partial charge on any atom is -0.391 e. The number of rotatable bonds is 11. The normalized spacial score (nSPS) is 10.9. The molecular weight excluding hydrogens is 272 g/mol. The van der Waals surface area contributed by atoms with Gasteiger partial charge in [-0.1, -0.05) is 51.9 Å². The molecule has 0 radical (unpaired) electrons. The van der Waals surface area contributed by atoms with Crippen molar-refractivity contribution in [2.45, 2.75) is 64.9 Å². The maximum Gasteiger partial charge on any atom is 0.154 e. The molecule has 1 aromatic rings. The molecule has 0 heterocycles. The summed E-state index contributed by atoms with van der Waals surface area (Å²) in [6, 6.07) is 2.57. The molecule has 0 saturated heterocycles. The van der Waals surface area contributed by atoms with E-state index in [9.17, 15) is 8.78 Å². The van der Waals surface area contributed by atoms with Crippen LogP contribution >= 0.6 is 0 Å². The van der Waals surface area contributed by atoms with Crippen molar-refractivity contribution in [2.75, 3.05) is 11.9 Å². The van der Waals surface area contributed by atoms with Gasteiger partial charge in [0.1, 0.15) is 5.82 Å². The third kappa shape index (κ3) is 6.42. The molecule has 0 bridgehead atoms. The Morgan fingerprint density at radius 2 is 1.57 bits per heavy atom. The lowest BCUT2D eigenvalue weighted by Crippen LogP contribution is -2.06. The maximum atomic E-state index is 13.8. The number of hydrogen-bond donors (Lipinski definition) is 2. The van der Waals surface area contributed by atoms with Gasteiger partial charge >= 0.3 is 0 Å². The second kappa shape index (κ2) is 10.6. The Balaban J connectivity index is 2.19. The van der Waals surface area contributed by atoms with Crippen molar-refractivity contribution in [1.29, 1.82) is 0 Å². The van der Waals surface area contributed by atoms with Gasteiger partial charge in [0.05, 0.1) is 17.9 Å². The van der Waals surface area contributed by atoms with Crippen LogP contribution in [0, 0.1) is 11.6 Å². The van der Waals surface area contributed by atoms with Gasteiger partial charge in [-0.15, -0.1) is 0 Å². The summed E-state index contributed by atoms with van der Waals surface area (Å²) in [7, 11) is 0. The molecule has 0 atom stereocenters. The quantitative estimate of drug-likeness (QED) is 0.563. The summed E-state index contributed by atoms with van der Waals surface area (Å²) >= 11 is 0. The molecule has 4 heteroatoms. The Kier molecular flexibility index (Phi) is 8.99. The molecule has 0 aliphatic rings. The van der Waals surface area contributed by atoms with Crippen molar-refractivity contribution in [1.82, 2.24) is 0 Å². The van der Waals surface area contributed by atoms with Crippen molar-refractivity contribution >= 4 is 5.69 Å². The van der Waals surface area contributed by atoms with Gasteiger partial charge in [-0.25, -0.2) is 8.78 Å². The van der Waals surface area contributed by atoms with Crippen LogP contribution in [-0.2, 0) is 6.61 Å². The van der Waals surface area contributed by atoms with E-state index in [4.69, 9.17) is 5.11 Å². The molecule has 1 rings (SSSR count). The molecule has 0 fully saturated rings. The van der Waals surface area contributed by atoms with E-state index in [1.165, 1.54) is 50.7 Å². The number of hydrogen-bond acceptors (Lipinski definition) is 2. The molecule has 21 heavy (non-hydrogen) atoms. The molecule has 0 saturated carbocycles. The van der Waals surface area contributed by atoms with Crippen molar-refractivity contribution in [3.05, 3.63) is 29.3 Å². The van der Waals surface area contributed by atoms with Crippen LogP contribution < -0.4 is 5.32 Å².